The zero-order chi connectivity index (χ0) is 7.68. The second kappa shape index (κ2) is 2.46. The predicted molar refractivity (Wildman–Crippen MR) is 44.4 cm³/mol. The normalized spacial score (nSPS) is 15.3. The summed E-state index contributed by atoms with van der Waals surface area (Å²) in [4.78, 5) is 0. The number of fused-ring (bicyclic) bond motifs is 1. The summed E-state index contributed by atoms with van der Waals surface area (Å²) < 4.78 is 0. The molecule has 57 valence electrons. The monoisotopic (exact) mass is 148 g/mol. The van der Waals surface area contributed by atoms with Crippen LogP contribution in [0.15, 0.2) is 18.2 Å². The fourth-order valence-corrected chi connectivity index (χ4v) is 1.34. The van der Waals surface area contributed by atoms with E-state index in [-0.39, 0.29) is 0 Å². The lowest BCUT2D eigenvalue weighted by molar-refractivity contribution is 0.474. The first kappa shape index (κ1) is 6.53. The molecule has 2 rings (SSSR count). The number of phenols is 1. The highest BCUT2D eigenvalue weighted by molar-refractivity contribution is 5.56. The molecule has 0 aromatic heterocycles. The third-order valence-corrected chi connectivity index (χ3v) is 1.90. The minimum atomic E-state index is 0.354. The molecule has 0 amide bonds. The van der Waals surface area contributed by atoms with Gasteiger partial charge in [-0.15, -0.1) is 0 Å². The van der Waals surface area contributed by atoms with Crippen LogP contribution < -0.4 is 5.32 Å². The fourth-order valence-electron chi connectivity index (χ4n) is 1.34. The number of aryl methyl sites for hydroxylation is 1. The highest BCUT2D eigenvalue weighted by Gasteiger charge is 2.07. The molecule has 0 aliphatic carbocycles. The van der Waals surface area contributed by atoms with Crippen LogP contribution in [0.2, 0.25) is 0 Å². The van der Waals surface area contributed by atoms with E-state index in [2.05, 4.69) is 5.32 Å². The van der Waals surface area contributed by atoms with E-state index < -0.39 is 0 Å². The van der Waals surface area contributed by atoms with Crippen molar-refractivity contribution in [2.24, 2.45) is 0 Å². The molecule has 2 nitrogen and oxygen atoms in total. The molecule has 1 aromatic carbocycles. The first-order chi connectivity index (χ1) is 5.36. The highest BCUT2D eigenvalue weighted by Crippen LogP contribution is 2.26. The molecular weight excluding hydrogens is 138 g/mol. The third kappa shape index (κ3) is 1.16. The average molecular weight is 148 g/mol. The van der Waals surface area contributed by atoms with Crippen molar-refractivity contribution in [3.63, 3.8) is 0 Å². The molecule has 2 N–H and O–H groups in total. The van der Waals surface area contributed by atoms with Gasteiger partial charge in [-0.05, 0) is 36.6 Å². The Morgan fingerprint density at radius 1 is 1.36 bits per heavy atom. The largest absolute Gasteiger partial charge is 0.508 e. The molecule has 1 aliphatic heterocycles. The quantitative estimate of drug-likeness (QED) is 0.551. The van der Waals surface area contributed by atoms with Crippen LogP contribution in [0.25, 0.3) is 0 Å². The lowest BCUT2D eigenvalue weighted by atomic mass is 10.0. The fraction of sp³-hybridized carbons (Fsp3) is 0.222. The topological polar surface area (TPSA) is 32.3 Å². The SMILES string of the molecule is Oc1ccc2c(c1)CC[CH]N2. The van der Waals surface area contributed by atoms with Crippen LogP contribution in [0, 0.1) is 6.54 Å². The zero-order valence-electron chi connectivity index (χ0n) is 6.17. The molecule has 0 saturated carbocycles. The van der Waals surface area contributed by atoms with Crippen LogP contribution in [0.4, 0.5) is 5.69 Å². The number of phenolic OH excluding ortho intramolecular Hbond substituents is 1. The maximum Gasteiger partial charge on any atom is 0.116 e. The minimum absolute atomic E-state index is 0.354. The van der Waals surface area contributed by atoms with Crippen molar-refractivity contribution in [1.29, 1.82) is 0 Å². The molecule has 2 heteroatoms. The van der Waals surface area contributed by atoms with E-state index in [4.69, 9.17) is 5.11 Å². The molecule has 0 unspecified atom stereocenters. The minimum Gasteiger partial charge on any atom is -0.508 e. The van der Waals surface area contributed by atoms with Crippen LogP contribution in [-0.2, 0) is 6.42 Å². The first-order valence-electron chi connectivity index (χ1n) is 3.76. The van der Waals surface area contributed by atoms with Crippen LogP contribution in [0.5, 0.6) is 5.75 Å². The summed E-state index contributed by atoms with van der Waals surface area (Å²) in [5.41, 5.74) is 2.32. The predicted octanol–water partition coefficient (Wildman–Crippen LogP) is 1.91. The van der Waals surface area contributed by atoms with Gasteiger partial charge in [-0.2, -0.15) is 0 Å². The highest BCUT2D eigenvalue weighted by atomic mass is 16.3. The number of rotatable bonds is 0. The van der Waals surface area contributed by atoms with Gasteiger partial charge in [-0.25, -0.2) is 0 Å². The van der Waals surface area contributed by atoms with E-state index in [1.807, 2.05) is 18.7 Å². The molecule has 0 bridgehead atoms. The number of nitrogens with one attached hydrogen (secondary N) is 1. The van der Waals surface area contributed by atoms with Crippen molar-refractivity contribution in [3.05, 3.63) is 30.3 Å². The lowest BCUT2D eigenvalue weighted by Gasteiger charge is -2.16. The Hall–Kier alpha value is -1.18. The van der Waals surface area contributed by atoms with Crippen LogP contribution in [-0.4, -0.2) is 5.11 Å². The van der Waals surface area contributed by atoms with Gasteiger partial charge in [0.15, 0.2) is 0 Å². The van der Waals surface area contributed by atoms with Gasteiger partial charge < -0.3 is 10.4 Å². The molecule has 0 spiro atoms. The molecule has 0 atom stereocenters. The zero-order valence-corrected chi connectivity index (χ0v) is 6.17. The molecule has 1 radical (unpaired) electrons. The van der Waals surface area contributed by atoms with Gasteiger partial charge in [-0.1, -0.05) is 0 Å². The second-order valence-electron chi connectivity index (χ2n) is 2.73. The third-order valence-electron chi connectivity index (χ3n) is 1.90. The molecule has 1 aromatic rings. The van der Waals surface area contributed by atoms with Crippen molar-refractivity contribution >= 4 is 5.69 Å². The van der Waals surface area contributed by atoms with Crippen molar-refractivity contribution in [1.82, 2.24) is 0 Å². The molecule has 0 saturated heterocycles. The Morgan fingerprint density at radius 2 is 2.27 bits per heavy atom. The summed E-state index contributed by atoms with van der Waals surface area (Å²) in [5, 5.41) is 12.3. The molecule has 1 aliphatic rings. The van der Waals surface area contributed by atoms with Crippen molar-refractivity contribution < 1.29 is 5.11 Å². The van der Waals surface area contributed by atoms with Crippen molar-refractivity contribution in [2.75, 3.05) is 5.32 Å². The van der Waals surface area contributed by atoms with Gasteiger partial charge in [0.05, 0.1) is 0 Å². The number of hydrogen-bond donors (Lipinski definition) is 2. The van der Waals surface area contributed by atoms with Crippen LogP contribution in [0.1, 0.15) is 12.0 Å². The van der Waals surface area contributed by atoms with E-state index in [0.717, 1.165) is 18.5 Å². The summed E-state index contributed by atoms with van der Waals surface area (Å²) >= 11 is 0. The van der Waals surface area contributed by atoms with Gasteiger partial charge in [0.1, 0.15) is 5.75 Å². The molecule has 1 heterocycles. The summed E-state index contributed by atoms with van der Waals surface area (Å²) in [6.45, 7) is 2.04. The van der Waals surface area contributed by atoms with Gasteiger partial charge in [0.2, 0.25) is 0 Å². The second-order valence-corrected chi connectivity index (χ2v) is 2.73. The number of hydrogen-bond acceptors (Lipinski definition) is 2. The molecule has 0 fully saturated rings. The smallest absolute Gasteiger partial charge is 0.116 e. The molecular formula is C9H10NO. The van der Waals surface area contributed by atoms with Gasteiger partial charge in [0, 0.05) is 12.2 Å². The van der Waals surface area contributed by atoms with E-state index in [9.17, 15) is 0 Å². The maximum atomic E-state index is 9.15. The molecule has 11 heavy (non-hydrogen) atoms. The Labute approximate surface area is 65.9 Å². The summed E-state index contributed by atoms with van der Waals surface area (Å²) in [5.74, 6) is 0.354. The van der Waals surface area contributed by atoms with E-state index in [1.54, 1.807) is 6.07 Å². The van der Waals surface area contributed by atoms with E-state index in [0.29, 0.717) is 5.75 Å². The Kier molecular flexibility index (Phi) is 1.46. The van der Waals surface area contributed by atoms with E-state index in [1.165, 1.54) is 5.56 Å². The average Bonchev–Trinajstić information content (AvgIpc) is 2.04. The van der Waals surface area contributed by atoms with Crippen molar-refractivity contribution in [2.45, 2.75) is 12.8 Å². The van der Waals surface area contributed by atoms with E-state index >= 15 is 0 Å². The standard InChI is InChI=1S/C9H10NO/c11-8-3-4-9-7(6-8)2-1-5-10-9/h3-6,10-11H,1-2H2. The maximum absolute atomic E-state index is 9.15. The summed E-state index contributed by atoms with van der Waals surface area (Å²) in [6.07, 6.45) is 2.06. The Balaban J connectivity index is 2.43. The summed E-state index contributed by atoms with van der Waals surface area (Å²) in [7, 11) is 0. The van der Waals surface area contributed by atoms with Crippen LogP contribution in [0.3, 0.4) is 0 Å². The van der Waals surface area contributed by atoms with Crippen LogP contribution >= 0.6 is 0 Å². The van der Waals surface area contributed by atoms with Gasteiger partial charge >= 0.3 is 0 Å². The summed E-state index contributed by atoms with van der Waals surface area (Å²) in [6, 6.07) is 5.42. The van der Waals surface area contributed by atoms with Gasteiger partial charge in [0.25, 0.3) is 0 Å². The Bertz CT molecular complexity index is 270. The first-order valence-corrected chi connectivity index (χ1v) is 3.76. The number of benzene rings is 1. The van der Waals surface area contributed by atoms with Gasteiger partial charge in [-0.3, -0.25) is 0 Å². The number of aromatic hydroxyl groups is 1. The number of anilines is 1. The lowest BCUT2D eigenvalue weighted by Crippen LogP contribution is -2.05. The Morgan fingerprint density at radius 3 is 3.18 bits per heavy atom. The van der Waals surface area contributed by atoms with Crippen molar-refractivity contribution in [3.8, 4) is 5.75 Å².